The predicted octanol–water partition coefficient (Wildman–Crippen LogP) is 3.78. The molecule has 0 saturated carbocycles. The fourth-order valence-corrected chi connectivity index (χ4v) is 3.25. The van der Waals surface area contributed by atoms with E-state index in [9.17, 15) is 4.79 Å². The molecule has 2 aromatic carbocycles. The summed E-state index contributed by atoms with van der Waals surface area (Å²) in [6.45, 7) is 4.03. The zero-order chi connectivity index (χ0) is 21.8. The number of amides is 1. The van der Waals surface area contributed by atoms with Gasteiger partial charge in [0.25, 0.3) is 0 Å². The van der Waals surface area contributed by atoms with E-state index in [-0.39, 0.29) is 11.9 Å². The second-order valence-corrected chi connectivity index (χ2v) is 7.49. The van der Waals surface area contributed by atoms with Crippen LogP contribution in [0.15, 0.2) is 65.7 Å². The molecule has 0 spiro atoms. The fourth-order valence-electron chi connectivity index (χ4n) is 3.25. The van der Waals surface area contributed by atoms with Crippen molar-refractivity contribution in [3.8, 4) is 17.1 Å². The maximum absolute atomic E-state index is 12.7. The maximum Gasteiger partial charge on any atom is 0.227 e. The minimum Gasteiger partial charge on any atom is -0.339 e. The summed E-state index contributed by atoms with van der Waals surface area (Å²) in [5.41, 5.74) is 4.03. The van der Waals surface area contributed by atoms with Gasteiger partial charge in [0.05, 0.1) is 11.7 Å². The van der Waals surface area contributed by atoms with Crippen LogP contribution in [0.5, 0.6) is 0 Å². The molecule has 8 heteroatoms. The lowest BCUT2D eigenvalue weighted by Gasteiger charge is -2.25. The standard InChI is InChI=1S/C23H24N6O2/c1-16-4-6-19(7-5-16)23-26-21(31-27-23)12-13-22(30)28(3)17(2)18-8-10-20(11-9-18)29-15-24-14-25-29/h4-11,14-15,17H,12-13H2,1-3H3/t17-/m1/s1. The Labute approximate surface area is 180 Å². The Morgan fingerprint density at radius 3 is 2.55 bits per heavy atom. The highest BCUT2D eigenvalue weighted by Crippen LogP contribution is 2.22. The number of nitrogens with zero attached hydrogens (tertiary/aromatic N) is 6. The van der Waals surface area contributed by atoms with E-state index < -0.39 is 0 Å². The van der Waals surface area contributed by atoms with Gasteiger partial charge in [-0.2, -0.15) is 10.1 Å². The third kappa shape index (κ3) is 4.69. The van der Waals surface area contributed by atoms with Crippen molar-refractivity contribution in [1.82, 2.24) is 29.8 Å². The average molecular weight is 416 g/mol. The summed E-state index contributed by atoms with van der Waals surface area (Å²) < 4.78 is 7.02. The van der Waals surface area contributed by atoms with Gasteiger partial charge in [-0.15, -0.1) is 0 Å². The normalized spacial score (nSPS) is 12.0. The zero-order valence-electron chi connectivity index (χ0n) is 17.8. The van der Waals surface area contributed by atoms with Crippen LogP contribution < -0.4 is 0 Å². The molecule has 4 aromatic rings. The van der Waals surface area contributed by atoms with E-state index in [0.717, 1.165) is 16.8 Å². The maximum atomic E-state index is 12.7. The molecule has 31 heavy (non-hydrogen) atoms. The van der Waals surface area contributed by atoms with Gasteiger partial charge in [0, 0.05) is 25.5 Å². The molecule has 0 aliphatic carbocycles. The number of aromatic nitrogens is 5. The third-order valence-corrected chi connectivity index (χ3v) is 5.36. The van der Waals surface area contributed by atoms with Gasteiger partial charge in [0.1, 0.15) is 12.7 Å². The van der Waals surface area contributed by atoms with Crippen molar-refractivity contribution in [1.29, 1.82) is 0 Å². The van der Waals surface area contributed by atoms with Crippen LogP contribution in [0.1, 0.15) is 36.4 Å². The molecule has 158 valence electrons. The zero-order valence-corrected chi connectivity index (χ0v) is 17.8. The van der Waals surface area contributed by atoms with E-state index in [1.807, 2.05) is 69.4 Å². The number of carbonyl (C=O) groups is 1. The Balaban J connectivity index is 1.34. The Kier molecular flexibility index (Phi) is 5.88. The number of rotatable bonds is 7. The second-order valence-electron chi connectivity index (χ2n) is 7.49. The molecule has 0 aliphatic rings. The van der Waals surface area contributed by atoms with Crippen molar-refractivity contribution in [2.75, 3.05) is 7.05 Å². The minimum absolute atomic E-state index is 0.0166. The molecule has 2 heterocycles. The van der Waals surface area contributed by atoms with Crippen molar-refractivity contribution in [2.24, 2.45) is 0 Å². The molecule has 0 unspecified atom stereocenters. The first-order valence-electron chi connectivity index (χ1n) is 10.1. The van der Waals surface area contributed by atoms with Gasteiger partial charge in [-0.3, -0.25) is 4.79 Å². The summed E-state index contributed by atoms with van der Waals surface area (Å²) in [6, 6.07) is 15.8. The van der Waals surface area contributed by atoms with Gasteiger partial charge in [0.15, 0.2) is 0 Å². The summed E-state index contributed by atoms with van der Waals surface area (Å²) in [5.74, 6) is 1.02. The summed E-state index contributed by atoms with van der Waals surface area (Å²) in [5, 5.41) is 8.15. The molecule has 0 fully saturated rings. The predicted molar refractivity (Wildman–Crippen MR) is 115 cm³/mol. The highest BCUT2D eigenvalue weighted by atomic mass is 16.5. The first-order valence-corrected chi connectivity index (χ1v) is 10.1. The third-order valence-electron chi connectivity index (χ3n) is 5.36. The average Bonchev–Trinajstić information content (AvgIpc) is 3.49. The molecule has 0 aliphatic heterocycles. The lowest BCUT2D eigenvalue weighted by atomic mass is 10.1. The van der Waals surface area contributed by atoms with E-state index in [4.69, 9.17) is 4.52 Å². The monoisotopic (exact) mass is 416 g/mol. The van der Waals surface area contributed by atoms with Crippen LogP contribution >= 0.6 is 0 Å². The van der Waals surface area contributed by atoms with Crippen LogP contribution in [-0.4, -0.2) is 42.8 Å². The smallest absolute Gasteiger partial charge is 0.227 e. The number of hydrogen-bond acceptors (Lipinski definition) is 6. The number of benzene rings is 2. The van der Waals surface area contributed by atoms with Crippen LogP contribution in [0.2, 0.25) is 0 Å². The Bertz CT molecular complexity index is 1130. The highest BCUT2D eigenvalue weighted by molar-refractivity contribution is 5.76. The first-order chi connectivity index (χ1) is 15.0. The van der Waals surface area contributed by atoms with Gasteiger partial charge in [-0.1, -0.05) is 47.1 Å². The molecule has 0 radical (unpaired) electrons. The fraction of sp³-hybridized carbons (Fsp3) is 0.261. The molecule has 2 aromatic heterocycles. The van der Waals surface area contributed by atoms with Crippen LogP contribution in [0.3, 0.4) is 0 Å². The number of carbonyl (C=O) groups excluding carboxylic acids is 1. The number of aryl methyl sites for hydroxylation is 2. The van der Waals surface area contributed by atoms with Crippen LogP contribution in [0.4, 0.5) is 0 Å². The van der Waals surface area contributed by atoms with Crippen LogP contribution in [0.25, 0.3) is 17.1 Å². The minimum atomic E-state index is -0.0666. The summed E-state index contributed by atoms with van der Waals surface area (Å²) in [7, 11) is 1.81. The molecule has 0 bridgehead atoms. The molecule has 1 amide bonds. The van der Waals surface area contributed by atoms with Crippen molar-refractivity contribution in [3.63, 3.8) is 0 Å². The molecule has 4 rings (SSSR count). The van der Waals surface area contributed by atoms with E-state index in [0.29, 0.717) is 24.6 Å². The molecule has 0 N–H and O–H groups in total. The van der Waals surface area contributed by atoms with Crippen LogP contribution in [0, 0.1) is 6.92 Å². The van der Waals surface area contributed by atoms with Gasteiger partial charge in [0.2, 0.25) is 17.6 Å². The molecular weight excluding hydrogens is 392 g/mol. The molecular formula is C23H24N6O2. The largest absolute Gasteiger partial charge is 0.339 e. The first kappa shape index (κ1) is 20.5. The van der Waals surface area contributed by atoms with E-state index >= 15 is 0 Å². The Hall–Kier alpha value is -3.81. The highest BCUT2D eigenvalue weighted by Gasteiger charge is 2.19. The van der Waals surface area contributed by atoms with Gasteiger partial charge in [-0.25, -0.2) is 9.67 Å². The van der Waals surface area contributed by atoms with E-state index in [1.54, 1.807) is 15.9 Å². The van der Waals surface area contributed by atoms with Crippen molar-refractivity contribution in [3.05, 3.63) is 78.2 Å². The van der Waals surface area contributed by atoms with Gasteiger partial charge in [-0.05, 0) is 31.5 Å². The topological polar surface area (TPSA) is 89.9 Å². The van der Waals surface area contributed by atoms with Crippen LogP contribution in [-0.2, 0) is 11.2 Å². The summed E-state index contributed by atoms with van der Waals surface area (Å²) in [4.78, 5) is 22.8. The molecule has 1 atom stereocenters. The molecule has 8 nitrogen and oxygen atoms in total. The SMILES string of the molecule is Cc1ccc(-c2noc(CCC(=O)N(C)[C@H](C)c3ccc(-n4cncn4)cc3)n2)cc1. The van der Waals surface area contributed by atoms with E-state index in [2.05, 4.69) is 20.2 Å². The summed E-state index contributed by atoms with van der Waals surface area (Å²) >= 11 is 0. The molecule has 0 saturated heterocycles. The van der Waals surface area contributed by atoms with Gasteiger partial charge < -0.3 is 9.42 Å². The van der Waals surface area contributed by atoms with E-state index in [1.165, 1.54) is 11.9 Å². The van der Waals surface area contributed by atoms with Crippen molar-refractivity contribution in [2.45, 2.75) is 32.7 Å². The lowest BCUT2D eigenvalue weighted by Crippen LogP contribution is -2.29. The Morgan fingerprint density at radius 1 is 1.13 bits per heavy atom. The lowest BCUT2D eigenvalue weighted by molar-refractivity contribution is -0.131. The number of hydrogen-bond donors (Lipinski definition) is 0. The quantitative estimate of drug-likeness (QED) is 0.455. The Morgan fingerprint density at radius 2 is 1.87 bits per heavy atom. The van der Waals surface area contributed by atoms with Crippen molar-refractivity contribution >= 4 is 5.91 Å². The summed E-state index contributed by atoms with van der Waals surface area (Å²) in [6.07, 6.45) is 3.85. The van der Waals surface area contributed by atoms with Gasteiger partial charge >= 0.3 is 0 Å². The second kappa shape index (κ2) is 8.91. The van der Waals surface area contributed by atoms with Crippen molar-refractivity contribution < 1.29 is 9.32 Å².